The van der Waals surface area contributed by atoms with Crippen molar-refractivity contribution >= 4 is 12.4 Å². The number of carbonyl (C=O) groups is 1. The van der Waals surface area contributed by atoms with E-state index in [1.54, 1.807) is 0 Å². The molecule has 80 valence electrons. The number of hydrogen-bond acceptors (Lipinski definition) is 1. The van der Waals surface area contributed by atoms with Gasteiger partial charge in [-0.1, -0.05) is 6.08 Å². The van der Waals surface area contributed by atoms with Gasteiger partial charge in [0.15, 0.2) is 0 Å². The fourth-order valence-corrected chi connectivity index (χ4v) is 1.02. The highest BCUT2D eigenvalue weighted by Gasteiger charge is 2.31. The van der Waals surface area contributed by atoms with Gasteiger partial charge in [-0.3, -0.25) is 4.79 Å². The summed E-state index contributed by atoms with van der Waals surface area (Å²) < 4.78 is 49.4. The lowest BCUT2D eigenvalue weighted by Crippen LogP contribution is -2.05. The molecule has 1 nitrogen and oxygen atoms in total. The molecule has 5 heteroatoms. The zero-order chi connectivity index (χ0) is 11.5. The first-order valence-electron chi connectivity index (χ1n) is 3.93. The molecule has 0 spiro atoms. The number of aldehydes is 1. The molecule has 0 amide bonds. The van der Waals surface area contributed by atoms with Crippen LogP contribution in [-0.2, 0) is 11.0 Å². The quantitative estimate of drug-likeness (QED) is 0.423. The maximum absolute atomic E-state index is 12.8. The molecule has 0 radical (unpaired) electrons. The summed E-state index contributed by atoms with van der Waals surface area (Å²) in [6.45, 7) is 0. The number of benzene rings is 1. The van der Waals surface area contributed by atoms with Crippen LogP contribution in [0.15, 0.2) is 24.3 Å². The average molecular weight is 218 g/mol. The van der Waals surface area contributed by atoms with E-state index >= 15 is 0 Å². The van der Waals surface area contributed by atoms with Crippen molar-refractivity contribution in [3.8, 4) is 0 Å². The number of alkyl halides is 3. The zero-order valence-corrected chi connectivity index (χ0v) is 7.38. The molecule has 1 aromatic rings. The van der Waals surface area contributed by atoms with Crippen molar-refractivity contribution in [1.29, 1.82) is 0 Å². The lowest BCUT2D eigenvalue weighted by molar-refractivity contribution is -0.137. The topological polar surface area (TPSA) is 17.1 Å². The van der Waals surface area contributed by atoms with E-state index in [9.17, 15) is 22.4 Å². The third kappa shape index (κ3) is 3.19. The van der Waals surface area contributed by atoms with Crippen molar-refractivity contribution in [2.75, 3.05) is 0 Å². The summed E-state index contributed by atoms with van der Waals surface area (Å²) >= 11 is 0. The predicted molar refractivity (Wildman–Crippen MR) is 46.5 cm³/mol. The summed E-state index contributed by atoms with van der Waals surface area (Å²) in [7, 11) is 0. The first-order valence-corrected chi connectivity index (χ1v) is 3.93. The normalized spacial score (nSPS) is 12.0. The highest BCUT2D eigenvalue weighted by atomic mass is 19.4. The molecule has 15 heavy (non-hydrogen) atoms. The van der Waals surface area contributed by atoms with Crippen LogP contribution in [0.4, 0.5) is 17.6 Å². The minimum Gasteiger partial charge on any atom is -0.299 e. The molecule has 0 aliphatic carbocycles. The standard InChI is InChI=1S/C10H6F4O/c11-9-5-7(2-1-3-15)4-8(6-9)10(12,13)14/h1-6H. The van der Waals surface area contributed by atoms with Crippen LogP contribution in [0.5, 0.6) is 0 Å². The van der Waals surface area contributed by atoms with Crippen LogP contribution in [0, 0.1) is 5.82 Å². The van der Waals surface area contributed by atoms with E-state index in [-0.39, 0.29) is 5.56 Å². The van der Waals surface area contributed by atoms with E-state index in [1.807, 2.05) is 0 Å². The molecular weight excluding hydrogens is 212 g/mol. The third-order valence-electron chi connectivity index (χ3n) is 1.61. The van der Waals surface area contributed by atoms with E-state index in [0.29, 0.717) is 12.4 Å². The SMILES string of the molecule is O=CC=Cc1cc(F)cc(C(F)(F)F)c1. The van der Waals surface area contributed by atoms with Crippen LogP contribution in [0.1, 0.15) is 11.1 Å². The zero-order valence-electron chi connectivity index (χ0n) is 7.38. The van der Waals surface area contributed by atoms with Crippen LogP contribution < -0.4 is 0 Å². The van der Waals surface area contributed by atoms with Crippen molar-refractivity contribution < 1.29 is 22.4 Å². The van der Waals surface area contributed by atoms with Gasteiger partial charge in [0.1, 0.15) is 12.1 Å². The Morgan fingerprint density at radius 3 is 2.33 bits per heavy atom. The lowest BCUT2D eigenvalue weighted by Gasteiger charge is -2.07. The summed E-state index contributed by atoms with van der Waals surface area (Å²) in [4.78, 5) is 9.94. The number of allylic oxidation sites excluding steroid dienone is 1. The molecule has 0 aliphatic heterocycles. The van der Waals surface area contributed by atoms with Crippen molar-refractivity contribution in [2.45, 2.75) is 6.18 Å². The van der Waals surface area contributed by atoms with Gasteiger partial charge in [0, 0.05) is 0 Å². The average Bonchev–Trinajstić information content (AvgIpc) is 2.12. The fourth-order valence-electron chi connectivity index (χ4n) is 1.02. The van der Waals surface area contributed by atoms with Gasteiger partial charge in [-0.2, -0.15) is 13.2 Å². The lowest BCUT2D eigenvalue weighted by atomic mass is 10.1. The van der Waals surface area contributed by atoms with Crippen LogP contribution >= 0.6 is 0 Å². The molecule has 0 fully saturated rings. The van der Waals surface area contributed by atoms with E-state index in [0.717, 1.165) is 24.3 Å². The predicted octanol–water partition coefficient (Wildman–Crippen LogP) is 3.06. The number of rotatable bonds is 2. The number of carbonyl (C=O) groups excluding carboxylic acids is 1. The molecule has 0 heterocycles. The summed E-state index contributed by atoms with van der Waals surface area (Å²) in [5.41, 5.74) is -1.08. The minimum atomic E-state index is -4.59. The van der Waals surface area contributed by atoms with E-state index < -0.39 is 17.6 Å². The maximum Gasteiger partial charge on any atom is 0.416 e. The first kappa shape index (κ1) is 11.4. The molecule has 0 unspecified atom stereocenters. The van der Waals surface area contributed by atoms with Gasteiger partial charge in [0.25, 0.3) is 0 Å². The second kappa shape index (κ2) is 4.25. The third-order valence-corrected chi connectivity index (χ3v) is 1.61. The summed E-state index contributed by atoms with van der Waals surface area (Å²) in [5, 5.41) is 0. The largest absolute Gasteiger partial charge is 0.416 e. The number of halogens is 4. The smallest absolute Gasteiger partial charge is 0.299 e. The van der Waals surface area contributed by atoms with Gasteiger partial charge in [0.2, 0.25) is 0 Å². The van der Waals surface area contributed by atoms with E-state index in [2.05, 4.69) is 0 Å². The Hall–Kier alpha value is -1.65. The van der Waals surface area contributed by atoms with Crippen molar-refractivity contribution in [3.63, 3.8) is 0 Å². The molecule has 0 bridgehead atoms. The molecule has 0 aromatic heterocycles. The van der Waals surface area contributed by atoms with Gasteiger partial charge in [-0.15, -0.1) is 0 Å². The van der Waals surface area contributed by atoms with E-state index in [1.165, 1.54) is 0 Å². The van der Waals surface area contributed by atoms with E-state index in [4.69, 9.17) is 0 Å². The maximum atomic E-state index is 12.8. The Kier molecular flexibility index (Phi) is 3.24. The summed E-state index contributed by atoms with van der Waals surface area (Å²) in [6, 6.07) is 2.08. The van der Waals surface area contributed by atoms with Crippen molar-refractivity contribution in [2.24, 2.45) is 0 Å². The first-order chi connectivity index (χ1) is 6.93. The molecule has 0 N–H and O–H groups in total. The Bertz CT molecular complexity index is 393. The van der Waals surface area contributed by atoms with Crippen LogP contribution in [0.2, 0.25) is 0 Å². The van der Waals surface area contributed by atoms with Crippen LogP contribution in [0.25, 0.3) is 6.08 Å². The van der Waals surface area contributed by atoms with Gasteiger partial charge < -0.3 is 0 Å². The summed E-state index contributed by atoms with van der Waals surface area (Å²) in [6.07, 6.45) is -2.09. The van der Waals surface area contributed by atoms with Gasteiger partial charge in [0.05, 0.1) is 5.56 Å². The summed E-state index contributed by atoms with van der Waals surface area (Å²) in [5.74, 6) is -0.990. The second-order valence-electron chi connectivity index (χ2n) is 2.77. The molecule has 1 aromatic carbocycles. The fraction of sp³-hybridized carbons (Fsp3) is 0.100. The molecule has 1 rings (SSSR count). The Labute approximate surface area is 83.0 Å². The molecule has 0 saturated carbocycles. The Morgan fingerprint density at radius 1 is 1.13 bits per heavy atom. The Morgan fingerprint density at radius 2 is 1.80 bits per heavy atom. The molecule has 0 atom stereocenters. The molecular formula is C10H6F4O. The molecule has 0 saturated heterocycles. The van der Waals surface area contributed by atoms with Gasteiger partial charge in [-0.05, 0) is 29.8 Å². The van der Waals surface area contributed by atoms with Crippen LogP contribution in [-0.4, -0.2) is 6.29 Å². The van der Waals surface area contributed by atoms with Crippen molar-refractivity contribution in [1.82, 2.24) is 0 Å². The van der Waals surface area contributed by atoms with Crippen molar-refractivity contribution in [3.05, 3.63) is 41.2 Å². The van der Waals surface area contributed by atoms with Gasteiger partial charge >= 0.3 is 6.18 Å². The van der Waals surface area contributed by atoms with Gasteiger partial charge in [-0.25, -0.2) is 4.39 Å². The highest BCUT2D eigenvalue weighted by molar-refractivity contribution is 5.73. The van der Waals surface area contributed by atoms with Crippen LogP contribution in [0.3, 0.4) is 0 Å². The highest BCUT2D eigenvalue weighted by Crippen LogP contribution is 2.30. The Balaban J connectivity index is 3.16. The monoisotopic (exact) mass is 218 g/mol. The second-order valence-corrected chi connectivity index (χ2v) is 2.77. The molecule has 0 aliphatic rings. The number of hydrogen-bond donors (Lipinski definition) is 0. The minimum absolute atomic E-state index is 0.00516.